The number of carbonyl (C=O) groups is 1. The monoisotopic (exact) mass is 289 g/mol. The van der Waals surface area contributed by atoms with Crippen LogP contribution >= 0.6 is 0 Å². The number of aromatic nitrogens is 5. The molecule has 0 unspecified atom stereocenters. The first-order chi connectivity index (χ1) is 10.1. The van der Waals surface area contributed by atoms with Gasteiger partial charge in [0.2, 0.25) is 0 Å². The molecule has 0 atom stereocenters. The Morgan fingerprint density at radius 3 is 2.95 bits per heavy atom. The van der Waals surface area contributed by atoms with Gasteiger partial charge in [-0.15, -0.1) is 5.10 Å². The summed E-state index contributed by atoms with van der Waals surface area (Å²) in [5.74, 6) is -0.224. The van der Waals surface area contributed by atoms with E-state index in [-0.39, 0.29) is 0 Å². The van der Waals surface area contributed by atoms with E-state index < -0.39 is 18.2 Å². The van der Waals surface area contributed by atoms with E-state index in [1.165, 1.54) is 10.6 Å². The molecule has 0 fully saturated rings. The van der Waals surface area contributed by atoms with Crippen molar-refractivity contribution in [2.45, 2.75) is 19.9 Å². The molecule has 3 aromatic rings. The number of hydrogen-bond acceptors (Lipinski definition) is 6. The van der Waals surface area contributed by atoms with Crippen molar-refractivity contribution in [1.29, 1.82) is 0 Å². The first kappa shape index (κ1) is 13.0. The molecule has 0 aliphatic rings. The molecule has 3 aromatic heterocycles. The highest BCUT2D eigenvalue weighted by Crippen LogP contribution is 2.17. The molecule has 0 aromatic carbocycles. The summed E-state index contributed by atoms with van der Waals surface area (Å²) in [6.07, 6.45) is 2.15. The Balaban J connectivity index is 2.07. The highest BCUT2D eigenvalue weighted by atomic mass is 16.5. The number of rotatable bonds is 4. The van der Waals surface area contributed by atoms with E-state index in [2.05, 4.69) is 15.2 Å². The van der Waals surface area contributed by atoms with Gasteiger partial charge in [0.25, 0.3) is 5.89 Å². The van der Waals surface area contributed by atoms with E-state index in [4.69, 9.17) is 9.63 Å². The fourth-order valence-electron chi connectivity index (χ4n) is 1.90. The van der Waals surface area contributed by atoms with Gasteiger partial charge in [-0.1, -0.05) is 12.1 Å². The lowest BCUT2D eigenvalue weighted by Gasteiger charge is -1.94. The molecular weight excluding hydrogens is 278 g/mol. The summed E-state index contributed by atoms with van der Waals surface area (Å²) in [6, 6.07) is 3.22. The van der Waals surface area contributed by atoms with Crippen molar-refractivity contribution in [2.24, 2.45) is 0 Å². The molecule has 108 valence electrons. The summed E-state index contributed by atoms with van der Waals surface area (Å²) in [4.78, 5) is 26.8. The van der Waals surface area contributed by atoms with Crippen LogP contribution < -0.4 is 5.69 Å². The van der Waals surface area contributed by atoms with Crippen molar-refractivity contribution in [3.63, 3.8) is 0 Å². The SMILES string of the molecule is CCc1noc(-c2ccn3c(=O)n(CC(=O)O)nc3c2)n1. The minimum atomic E-state index is -1.13. The summed E-state index contributed by atoms with van der Waals surface area (Å²) < 4.78 is 7.25. The van der Waals surface area contributed by atoms with Gasteiger partial charge in [-0.05, 0) is 12.1 Å². The lowest BCUT2D eigenvalue weighted by Crippen LogP contribution is -2.24. The molecular formula is C12H11N5O4. The maximum Gasteiger partial charge on any atom is 0.350 e. The van der Waals surface area contributed by atoms with Crippen molar-refractivity contribution in [3.8, 4) is 11.5 Å². The molecule has 0 saturated heterocycles. The van der Waals surface area contributed by atoms with E-state index in [1.807, 2.05) is 6.92 Å². The Kier molecular flexibility index (Phi) is 3.01. The van der Waals surface area contributed by atoms with Crippen LogP contribution in [0.1, 0.15) is 12.7 Å². The number of aryl methyl sites for hydroxylation is 1. The molecule has 3 rings (SSSR count). The van der Waals surface area contributed by atoms with Gasteiger partial charge in [0.15, 0.2) is 11.5 Å². The molecule has 0 bridgehead atoms. The van der Waals surface area contributed by atoms with Crippen LogP contribution in [-0.4, -0.2) is 35.4 Å². The van der Waals surface area contributed by atoms with Gasteiger partial charge in [-0.2, -0.15) is 4.98 Å². The maximum absolute atomic E-state index is 11.9. The van der Waals surface area contributed by atoms with Gasteiger partial charge in [-0.3, -0.25) is 9.20 Å². The van der Waals surface area contributed by atoms with E-state index >= 15 is 0 Å². The Morgan fingerprint density at radius 2 is 2.29 bits per heavy atom. The quantitative estimate of drug-likeness (QED) is 0.729. The number of pyridine rings is 1. The normalized spacial score (nSPS) is 11.1. The summed E-state index contributed by atoms with van der Waals surface area (Å²) in [5.41, 5.74) is 0.413. The standard InChI is InChI=1S/C12H11N5O4/c1-2-8-13-11(21-15-8)7-3-4-16-9(5-7)14-17(12(16)20)6-10(18)19/h3-5H,2,6H2,1H3,(H,18,19). The van der Waals surface area contributed by atoms with E-state index in [1.54, 1.807) is 12.1 Å². The molecule has 3 heterocycles. The second-order valence-corrected chi connectivity index (χ2v) is 4.35. The van der Waals surface area contributed by atoms with Crippen molar-refractivity contribution < 1.29 is 14.4 Å². The molecule has 1 N–H and O–H groups in total. The van der Waals surface area contributed by atoms with E-state index in [0.29, 0.717) is 29.3 Å². The molecule has 0 aliphatic carbocycles. The third-order valence-corrected chi connectivity index (χ3v) is 2.90. The second-order valence-electron chi connectivity index (χ2n) is 4.35. The largest absolute Gasteiger partial charge is 0.480 e. The highest BCUT2D eigenvalue weighted by molar-refractivity contribution is 5.66. The predicted octanol–water partition coefficient (Wildman–Crippen LogP) is 0.193. The third-order valence-electron chi connectivity index (χ3n) is 2.90. The lowest BCUT2D eigenvalue weighted by atomic mass is 10.2. The van der Waals surface area contributed by atoms with Crippen molar-refractivity contribution in [2.75, 3.05) is 0 Å². The fourth-order valence-corrected chi connectivity index (χ4v) is 1.90. The molecule has 0 amide bonds. The summed E-state index contributed by atoms with van der Waals surface area (Å²) in [7, 11) is 0. The minimum Gasteiger partial charge on any atom is -0.480 e. The van der Waals surface area contributed by atoms with Crippen LogP contribution in [-0.2, 0) is 17.8 Å². The van der Waals surface area contributed by atoms with Gasteiger partial charge in [-0.25, -0.2) is 9.48 Å². The Bertz CT molecular complexity index is 875. The number of nitrogens with zero attached hydrogens (tertiary/aromatic N) is 5. The number of hydrogen-bond donors (Lipinski definition) is 1. The molecule has 0 aliphatic heterocycles. The molecule has 21 heavy (non-hydrogen) atoms. The van der Waals surface area contributed by atoms with Gasteiger partial charge in [0, 0.05) is 18.2 Å². The third kappa shape index (κ3) is 2.29. The molecule has 0 radical (unpaired) electrons. The Labute approximate surface area is 117 Å². The van der Waals surface area contributed by atoms with Gasteiger partial charge < -0.3 is 9.63 Å². The number of carboxylic acid groups (broad SMARTS) is 1. The minimum absolute atomic E-state index is 0.315. The van der Waals surface area contributed by atoms with E-state index in [9.17, 15) is 9.59 Å². The van der Waals surface area contributed by atoms with Gasteiger partial charge in [0.1, 0.15) is 6.54 Å². The molecule has 0 saturated carbocycles. The summed E-state index contributed by atoms with van der Waals surface area (Å²) in [5, 5.41) is 16.5. The van der Waals surface area contributed by atoms with Crippen LogP contribution in [0.2, 0.25) is 0 Å². The smallest absolute Gasteiger partial charge is 0.350 e. The topological polar surface area (TPSA) is 116 Å². The van der Waals surface area contributed by atoms with Crippen LogP contribution in [0.5, 0.6) is 0 Å². The van der Waals surface area contributed by atoms with Crippen LogP contribution in [0.25, 0.3) is 17.1 Å². The Morgan fingerprint density at radius 1 is 1.48 bits per heavy atom. The predicted molar refractivity (Wildman–Crippen MR) is 69.8 cm³/mol. The van der Waals surface area contributed by atoms with Crippen molar-refractivity contribution >= 4 is 11.6 Å². The number of aliphatic carboxylic acids is 1. The lowest BCUT2D eigenvalue weighted by molar-refractivity contribution is -0.137. The van der Waals surface area contributed by atoms with Crippen LogP contribution in [0.3, 0.4) is 0 Å². The fraction of sp³-hybridized carbons (Fsp3) is 0.250. The average Bonchev–Trinajstić information content (AvgIpc) is 3.04. The molecule has 9 heteroatoms. The summed E-state index contributed by atoms with van der Waals surface area (Å²) >= 11 is 0. The summed E-state index contributed by atoms with van der Waals surface area (Å²) in [6.45, 7) is 1.42. The van der Waals surface area contributed by atoms with E-state index in [0.717, 1.165) is 4.68 Å². The Hall–Kier alpha value is -2.97. The van der Waals surface area contributed by atoms with Crippen molar-refractivity contribution in [1.82, 2.24) is 24.3 Å². The molecule has 0 spiro atoms. The highest BCUT2D eigenvalue weighted by Gasteiger charge is 2.13. The zero-order valence-corrected chi connectivity index (χ0v) is 11.1. The maximum atomic E-state index is 11.9. The van der Waals surface area contributed by atoms with Crippen LogP contribution in [0, 0.1) is 0 Å². The van der Waals surface area contributed by atoms with Gasteiger partial charge in [0.05, 0.1) is 0 Å². The average molecular weight is 289 g/mol. The second kappa shape index (κ2) is 4.85. The number of fused-ring (bicyclic) bond motifs is 1. The van der Waals surface area contributed by atoms with Gasteiger partial charge >= 0.3 is 11.7 Å². The zero-order chi connectivity index (χ0) is 15.0. The first-order valence-electron chi connectivity index (χ1n) is 6.22. The first-order valence-corrected chi connectivity index (χ1v) is 6.22. The van der Waals surface area contributed by atoms with Crippen molar-refractivity contribution in [3.05, 3.63) is 34.6 Å². The van der Waals surface area contributed by atoms with Crippen LogP contribution in [0.15, 0.2) is 27.6 Å². The van der Waals surface area contributed by atoms with Crippen LogP contribution in [0.4, 0.5) is 0 Å². The zero-order valence-electron chi connectivity index (χ0n) is 11.1. The number of carboxylic acids is 1. The molecule has 9 nitrogen and oxygen atoms in total.